The van der Waals surface area contributed by atoms with Gasteiger partial charge in [0.2, 0.25) is 0 Å². The van der Waals surface area contributed by atoms with Crippen molar-refractivity contribution in [1.29, 1.82) is 0 Å². The van der Waals surface area contributed by atoms with Crippen LogP contribution in [0.1, 0.15) is 36.4 Å². The first-order valence-corrected chi connectivity index (χ1v) is 8.63. The van der Waals surface area contributed by atoms with Gasteiger partial charge in [-0.3, -0.25) is 4.98 Å². The van der Waals surface area contributed by atoms with Crippen molar-refractivity contribution in [2.24, 2.45) is 5.73 Å². The van der Waals surface area contributed by atoms with E-state index in [4.69, 9.17) is 17.3 Å². The van der Waals surface area contributed by atoms with Gasteiger partial charge in [-0.05, 0) is 75.8 Å². The van der Waals surface area contributed by atoms with E-state index in [0.717, 1.165) is 49.6 Å². The number of halogens is 1. The number of pyridine rings is 1. The normalized spacial score (nSPS) is 12.5. The molecule has 1 aromatic carbocycles. The highest BCUT2D eigenvalue weighted by molar-refractivity contribution is 6.30. The van der Waals surface area contributed by atoms with Gasteiger partial charge in [-0.25, -0.2) is 0 Å². The van der Waals surface area contributed by atoms with Crippen molar-refractivity contribution >= 4 is 11.6 Å². The van der Waals surface area contributed by atoms with Gasteiger partial charge in [0.05, 0.1) is 0 Å². The molecule has 0 bridgehead atoms. The van der Waals surface area contributed by atoms with Crippen molar-refractivity contribution in [3.8, 4) is 0 Å². The number of hydrogen-bond acceptors (Lipinski definition) is 3. The number of nitrogens with two attached hydrogens (primary N) is 1. The SMILES string of the molecule is CN(CCCCN)CCC(c1ccc(Cl)cc1)c1ccccn1. The molecule has 2 N–H and O–H groups in total. The Morgan fingerprint density at radius 2 is 1.87 bits per heavy atom. The maximum Gasteiger partial charge on any atom is 0.0478 e. The average molecular weight is 332 g/mol. The van der Waals surface area contributed by atoms with Crippen LogP contribution in [0.25, 0.3) is 0 Å². The second kappa shape index (κ2) is 9.66. The minimum Gasteiger partial charge on any atom is -0.330 e. The van der Waals surface area contributed by atoms with Crippen LogP contribution in [0, 0.1) is 0 Å². The van der Waals surface area contributed by atoms with Crippen LogP contribution >= 0.6 is 11.6 Å². The van der Waals surface area contributed by atoms with Crippen molar-refractivity contribution < 1.29 is 0 Å². The summed E-state index contributed by atoms with van der Waals surface area (Å²) in [5, 5.41) is 0.771. The Hall–Kier alpha value is -1.42. The van der Waals surface area contributed by atoms with E-state index in [1.54, 1.807) is 0 Å². The predicted molar refractivity (Wildman–Crippen MR) is 97.9 cm³/mol. The van der Waals surface area contributed by atoms with Crippen LogP contribution in [0.5, 0.6) is 0 Å². The molecule has 0 amide bonds. The molecule has 0 fully saturated rings. The lowest BCUT2D eigenvalue weighted by Crippen LogP contribution is -2.23. The molecule has 0 radical (unpaired) electrons. The molecule has 0 saturated heterocycles. The first-order chi connectivity index (χ1) is 11.2. The molecule has 23 heavy (non-hydrogen) atoms. The Morgan fingerprint density at radius 3 is 2.52 bits per heavy atom. The van der Waals surface area contributed by atoms with Gasteiger partial charge in [0.15, 0.2) is 0 Å². The highest BCUT2D eigenvalue weighted by Gasteiger charge is 2.16. The van der Waals surface area contributed by atoms with E-state index in [0.29, 0.717) is 5.92 Å². The Balaban J connectivity index is 2.04. The smallest absolute Gasteiger partial charge is 0.0478 e. The molecule has 0 aliphatic heterocycles. The Kier molecular flexibility index (Phi) is 7.53. The summed E-state index contributed by atoms with van der Waals surface area (Å²) < 4.78 is 0. The zero-order valence-electron chi connectivity index (χ0n) is 13.8. The van der Waals surface area contributed by atoms with E-state index in [1.807, 2.05) is 24.4 Å². The number of rotatable bonds is 9. The summed E-state index contributed by atoms with van der Waals surface area (Å²) in [6.45, 7) is 2.90. The minimum absolute atomic E-state index is 0.297. The summed E-state index contributed by atoms with van der Waals surface area (Å²) >= 11 is 6.03. The molecule has 0 saturated carbocycles. The average Bonchev–Trinajstić information content (AvgIpc) is 2.58. The molecule has 0 aliphatic rings. The highest BCUT2D eigenvalue weighted by atomic mass is 35.5. The summed E-state index contributed by atoms with van der Waals surface area (Å²) in [5.41, 5.74) is 7.95. The fourth-order valence-corrected chi connectivity index (χ4v) is 2.88. The number of aromatic nitrogens is 1. The Labute approximate surface area is 144 Å². The first kappa shape index (κ1) is 17.9. The molecular formula is C19H26ClN3. The van der Waals surface area contributed by atoms with E-state index >= 15 is 0 Å². The molecule has 1 unspecified atom stereocenters. The van der Waals surface area contributed by atoms with E-state index in [2.05, 4.69) is 41.2 Å². The minimum atomic E-state index is 0.297. The fourth-order valence-electron chi connectivity index (χ4n) is 2.75. The summed E-state index contributed by atoms with van der Waals surface area (Å²) in [6.07, 6.45) is 5.15. The molecular weight excluding hydrogens is 306 g/mol. The summed E-state index contributed by atoms with van der Waals surface area (Å²) in [5.74, 6) is 0.297. The maximum atomic E-state index is 6.03. The van der Waals surface area contributed by atoms with E-state index in [1.165, 1.54) is 5.56 Å². The third-order valence-corrected chi connectivity index (χ3v) is 4.36. The van der Waals surface area contributed by atoms with Gasteiger partial charge in [-0.1, -0.05) is 29.8 Å². The monoisotopic (exact) mass is 331 g/mol. The third-order valence-electron chi connectivity index (χ3n) is 4.11. The van der Waals surface area contributed by atoms with E-state index in [-0.39, 0.29) is 0 Å². The summed E-state index contributed by atoms with van der Waals surface area (Å²) in [7, 11) is 2.17. The van der Waals surface area contributed by atoms with Crippen LogP contribution in [0.15, 0.2) is 48.7 Å². The van der Waals surface area contributed by atoms with Crippen molar-refractivity contribution in [2.75, 3.05) is 26.7 Å². The second-order valence-corrected chi connectivity index (χ2v) is 6.38. The lowest BCUT2D eigenvalue weighted by molar-refractivity contribution is 0.316. The van der Waals surface area contributed by atoms with E-state index in [9.17, 15) is 0 Å². The third kappa shape index (κ3) is 5.94. The molecule has 1 heterocycles. The molecule has 1 atom stereocenters. The zero-order chi connectivity index (χ0) is 16.5. The molecule has 4 heteroatoms. The first-order valence-electron chi connectivity index (χ1n) is 8.25. The summed E-state index contributed by atoms with van der Waals surface area (Å²) in [6, 6.07) is 14.2. The van der Waals surface area contributed by atoms with Crippen LogP contribution in [0.3, 0.4) is 0 Å². The Bertz CT molecular complexity index is 557. The van der Waals surface area contributed by atoms with Gasteiger partial charge >= 0.3 is 0 Å². The van der Waals surface area contributed by atoms with Gasteiger partial charge in [0.1, 0.15) is 0 Å². The van der Waals surface area contributed by atoms with Crippen LogP contribution in [-0.4, -0.2) is 36.6 Å². The number of benzene rings is 1. The summed E-state index contributed by atoms with van der Waals surface area (Å²) in [4.78, 5) is 6.94. The fraction of sp³-hybridized carbons (Fsp3) is 0.421. The van der Waals surface area contributed by atoms with Crippen LogP contribution < -0.4 is 5.73 Å². The second-order valence-electron chi connectivity index (χ2n) is 5.95. The molecule has 0 aliphatic carbocycles. The van der Waals surface area contributed by atoms with Gasteiger partial charge in [0, 0.05) is 22.8 Å². The van der Waals surface area contributed by atoms with Gasteiger partial charge in [-0.2, -0.15) is 0 Å². The van der Waals surface area contributed by atoms with Gasteiger partial charge < -0.3 is 10.6 Å². The predicted octanol–water partition coefficient (Wildman–Crippen LogP) is 3.93. The van der Waals surface area contributed by atoms with Crippen molar-refractivity contribution in [3.63, 3.8) is 0 Å². The zero-order valence-corrected chi connectivity index (χ0v) is 14.5. The number of unbranched alkanes of at least 4 members (excludes halogenated alkanes) is 1. The van der Waals surface area contributed by atoms with E-state index < -0.39 is 0 Å². The number of hydrogen-bond donors (Lipinski definition) is 1. The lowest BCUT2D eigenvalue weighted by atomic mass is 9.92. The molecule has 2 rings (SSSR count). The van der Waals surface area contributed by atoms with Crippen LogP contribution in [0.4, 0.5) is 0 Å². The molecule has 2 aromatic rings. The van der Waals surface area contributed by atoms with Crippen molar-refractivity contribution in [1.82, 2.24) is 9.88 Å². The topological polar surface area (TPSA) is 42.1 Å². The van der Waals surface area contributed by atoms with Gasteiger partial charge in [0.25, 0.3) is 0 Å². The van der Waals surface area contributed by atoms with Crippen molar-refractivity contribution in [3.05, 3.63) is 64.9 Å². The maximum absolute atomic E-state index is 6.03. The van der Waals surface area contributed by atoms with Crippen molar-refractivity contribution in [2.45, 2.75) is 25.2 Å². The molecule has 124 valence electrons. The Morgan fingerprint density at radius 1 is 1.09 bits per heavy atom. The van der Waals surface area contributed by atoms with Crippen LogP contribution in [-0.2, 0) is 0 Å². The molecule has 0 spiro atoms. The van der Waals surface area contributed by atoms with Gasteiger partial charge in [-0.15, -0.1) is 0 Å². The lowest BCUT2D eigenvalue weighted by Gasteiger charge is -2.22. The standard InChI is InChI=1S/C19H26ClN3/c1-23(14-5-3-12-21)15-11-18(19-6-2-4-13-22-19)16-7-9-17(20)10-8-16/h2,4,6-10,13,18H,3,5,11-12,14-15,21H2,1H3. The number of nitrogens with zero attached hydrogens (tertiary/aromatic N) is 2. The molecule has 1 aromatic heterocycles. The largest absolute Gasteiger partial charge is 0.330 e. The molecule has 3 nitrogen and oxygen atoms in total. The highest BCUT2D eigenvalue weighted by Crippen LogP contribution is 2.27. The quantitative estimate of drug-likeness (QED) is 0.708. The van der Waals surface area contributed by atoms with Crippen LogP contribution in [0.2, 0.25) is 5.02 Å².